The molecule has 1 fully saturated rings. The second-order valence-corrected chi connectivity index (χ2v) is 26.4. The lowest BCUT2D eigenvalue weighted by Crippen LogP contribution is -2.40. The summed E-state index contributed by atoms with van der Waals surface area (Å²) in [5, 5.41) is 46.9. The number of pyridine rings is 1. The highest BCUT2D eigenvalue weighted by Gasteiger charge is 2.35. The van der Waals surface area contributed by atoms with Crippen LogP contribution >= 0.6 is 68.0 Å². The molecule has 2 aliphatic rings. The minimum atomic E-state index is -1.30. The van der Waals surface area contributed by atoms with Crippen LogP contribution in [-0.4, -0.2) is 137 Å². The smallest absolute Gasteiger partial charge is 0.412 e. The molecule has 9 heterocycles. The van der Waals surface area contributed by atoms with Crippen LogP contribution in [0.4, 0.5) is 10.6 Å². The molecule has 1 saturated heterocycles. The van der Waals surface area contributed by atoms with Crippen LogP contribution in [0.2, 0.25) is 0 Å². The highest BCUT2D eigenvalue weighted by atomic mass is 32.1. The van der Waals surface area contributed by atoms with E-state index in [0.717, 1.165) is 34.0 Å². The zero-order chi connectivity index (χ0) is 63.0. The summed E-state index contributed by atoms with van der Waals surface area (Å²) < 4.78 is 10.8. The number of anilines is 1. The third-order valence-corrected chi connectivity index (χ3v) is 19.8. The number of amides is 7. The third-order valence-electron chi connectivity index (χ3n) is 14.1. The molecule has 0 radical (unpaired) electrons. The van der Waals surface area contributed by atoms with Crippen LogP contribution in [0.25, 0.3) is 43.4 Å². The van der Waals surface area contributed by atoms with E-state index < -0.39 is 78.4 Å². The number of methoxy groups -OCH3 is 1. The van der Waals surface area contributed by atoms with Crippen molar-refractivity contribution in [3.8, 4) is 43.4 Å². The van der Waals surface area contributed by atoms with Gasteiger partial charge in [0, 0.05) is 59.1 Å². The minimum Gasteiger partial charge on any atom is -0.480 e. The Kier molecular flexibility index (Phi) is 20.3. The van der Waals surface area contributed by atoms with E-state index in [-0.39, 0.29) is 72.2 Å². The molecule has 8 N–H and O–H groups in total. The summed E-state index contributed by atoms with van der Waals surface area (Å²) in [5.74, 6) is -4.43. The lowest BCUT2D eigenvalue weighted by atomic mass is 10.0. The lowest BCUT2D eigenvalue weighted by Gasteiger charge is -2.23. The Labute approximate surface area is 532 Å². The van der Waals surface area contributed by atoms with E-state index in [9.17, 15) is 48.6 Å². The standard InChI is InChI=1S/C57H58N14O12S6/c1-26(2)41-55-70-44(36(89-55)21-82-5)48(77)59-20-39(73)67-45(46(75)28-11-7-6-8-12-28)54-64-34(24-86-54)52-62-32(22-85-52)43-29(50-63-33(23-84-50)47(76)61-31(19-38(72)58-4)53-69-42(27(3)88-53)49(78)68-41)15-16-30(60-43)51-65-37(25-87-51)66-57(81)83-18-10-14-40(74)71-17-9-13-35(71)56(79)80/h6-8,11-12,15-16,22-26,31,35,41,45-46,75H,9-10,13-14,17-21H2,1-5H3,(H,58,72)(H,59,77)(H,61,76)(H,66,81)(H,67,73)(H,68,78)(H,79,80)/t31-,35-,41-,45-,46-/m0/s1. The number of nitrogens with one attached hydrogen (secondary N) is 6. The topological polar surface area (TPSA) is 361 Å². The van der Waals surface area contributed by atoms with E-state index in [0.29, 0.717) is 88.1 Å². The molecule has 10 rings (SSSR count). The van der Waals surface area contributed by atoms with Crippen LogP contribution in [0, 0.1) is 12.8 Å². The number of carbonyl (C=O) groups is 8. The van der Waals surface area contributed by atoms with E-state index in [1.54, 1.807) is 70.9 Å². The van der Waals surface area contributed by atoms with Crippen LogP contribution in [0.5, 0.6) is 0 Å². The summed E-state index contributed by atoms with van der Waals surface area (Å²) in [6.45, 7) is 5.17. The number of rotatable bonds is 14. The molecule has 7 amide bonds. The first-order valence-corrected chi connectivity index (χ1v) is 32.9. The van der Waals surface area contributed by atoms with Gasteiger partial charge in [-0.2, -0.15) is 0 Å². The van der Waals surface area contributed by atoms with Crippen molar-refractivity contribution in [2.45, 2.75) is 89.8 Å². The number of thiazole rings is 6. The molecular weight excluding hydrogens is 1270 g/mol. The van der Waals surface area contributed by atoms with Crippen LogP contribution in [-0.2, 0) is 35.3 Å². The molecule has 0 saturated carbocycles. The maximum absolute atomic E-state index is 14.3. The van der Waals surface area contributed by atoms with E-state index in [2.05, 4.69) is 46.9 Å². The molecule has 89 heavy (non-hydrogen) atoms. The number of aliphatic carboxylic acids is 1. The highest BCUT2D eigenvalue weighted by Crippen LogP contribution is 2.40. The summed E-state index contributed by atoms with van der Waals surface area (Å²) in [4.78, 5) is 143. The van der Waals surface area contributed by atoms with Crippen LogP contribution < -0.4 is 31.9 Å². The fourth-order valence-corrected chi connectivity index (χ4v) is 15.1. The summed E-state index contributed by atoms with van der Waals surface area (Å²) >= 11 is 7.03. The molecule has 8 aromatic rings. The lowest BCUT2D eigenvalue weighted by molar-refractivity contribution is -0.148. The van der Waals surface area contributed by atoms with Gasteiger partial charge in [0.2, 0.25) is 17.7 Å². The number of nitrogens with zero attached hydrogens (tertiary/aromatic N) is 8. The molecule has 464 valence electrons. The third kappa shape index (κ3) is 14.9. The number of hydrogen-bond acceptors (Lipinski definition) is 24. The van der Waals surface area contributed by atoms with Crippen molar-refractivity contribution in [2.75, 3.05) is 39.2 Å². The first-order chi connectivity index (χ1) is 42.8. The molecule has 5 atom stereocenters. The number of carboxylic acid groups (broad SMARTS) is 1. The SMILES string of the molecule is CNC(=O)C[C@@H]1NC(=O)c2csc(n2)-c2ccc(-c3nc(NC(=O)OCCCC(=O)N4CCC[C@H]4C(=O)O)cs3)nc2-c2csc(n2)-c2csc(n2)[C@H]([C@@H](O)c2ccccc2)NC(=O)CNC(=O)c2nc(sc2COC)[C@H](C(C)C)NC(=O)c2nc1sc2C. The number of hydrogen-bond donors (Lipinski definition) is 8. The van der Waals surface area contributed by atoms with Crippen molar-refractivity contribution in [3.05, 3.63) is 111 Å². The van der Waals surface area contributed by atoms with Gasteiger partial charge in [0.05, 0.1) is 48.8 Å². The fourth-order valence-electron chi connectivity index (χ4n) is 9.64. The Bertz CT molecular complexity index is 3950. The van der Waals surface area contributed by atoms with Crippen molar-refractivity contribution >= 4 is 121 Å². The normalized spacial score (nSPS) is 17.7. The predicted molar refractivity (Wildman–Crippen MR) is 333 cm³/mol. The van der Waals surface area contributed by atoms with Gasteiger partial charge in [-0.25, -0.2) is 44.5 Å². The van der Waals surface area contributed by atoms with Gasteiger partial charge in [-0.05, 0) is 49.8 Å². The van der Waals surface area contributed by atoms with Crippen molar-refractivity contribution < 1.29 is 58.0 Å². The highest BCUT2D eigenvalue weighted by molar-refractivity contribution is 7.15. The Morgan fingerprint density at radius 3 is 2.24 bits per heavy atom. The number of likely N-dealkylation sites (tertiary alicyclic amines) is 1. The number of carboxylic acids is 1. The van der Waals surface area contributed by atoms with Gasteiger partial charge < -0.3 is 51.2 Å². The zero-order valence-electron chi connectivity index (χ0n) is 48.2. The van der Waals surface area contributed by atoms with Crippen molar-refractivity contribution in [3.63, 3.8) is 0 Å². The van der Waals surface area contributed by atoms with Crippen LogP contribution in [0.15, 0.2) is 64.0 Å². The Hall–Kier alpha value is -8.37. The monoisotopic (exact) mass is 1320 g/mol. The number of carbonyl (C=O) groups excluding carboxylic acids is 7. The number of aliphatic hydroxyl groups is 1. The van der Waals surface area contributed by atoms with Crippen molar-refractivity contribution in [2.24, 2.45) is 5.92 Å². The molecule has 0 spiro atoms. The molecule has 32 heteroatoms. The van der Waals surface area contributed by atoms with Gasteiger partial charge in [0.1, 0.15) is 88.2 Å². The Balaban J connectivity index is 0.981. The van der Waals surface area contributed by atoms with Gasteiger partial charge in [0.15, 0.2) is 0 Å². The molecule has 7 aromatic heterocycles. The summed E-state index contributed by atoms with van der Waals surface area (Å²) in [6.07, 6.45) is -1.17. The van der Waals surface area contributed by atoms with Crippen LogP contribution in [0.1, 0.15) is 132 Å². The van der Waals surface area contributed by atoms with E-state index in [1.165, 1.54) is 53.1 Å². The molecule has 1 aromatic carbocycles. The Morgan fingerprint density at radius 1 is 0.742 bits per heavy atom. The first kappa shape index (κ1) is 63.6. The molecule has 26 nitrogen and oxygen atoms in total. The number of aryl methyl sites for hydroxylation is 1. The molecule has 0 aliphatic carbocycles. The van der Waals surface area contributed by atoms with Gasteiger partial charge in [-0.1, -0.05) is 44.2 Å². The molecule has 2 aliphatic heterocycles. The van der Waals surface area contributed by atoms with E-state index in [1.807, 2.05) is 13.8 Å². The quantitative estimate of drug-likeness (QED) is 0.0483. The summed E-state index contributed by atoms with van der Waals surface area (Å²) in [6, 6.07) is 8.46. The number of fused-ring (bicyclic) bond motifs is 14. The number of aromatic nitrogens is 7. The van der Waals surface area contributed by atoms with Gasteiger partial charge in [-0.3, -0.25) is 34.1 Å². The predicted octanol–water partition coefficient (Wildman–Crippen LogP) is 7.72. The average Bonchev–Trinajstić information content (AvgIpc) is 1.79. The van der Waals surface area contributed by atoms with E-state index >= 15 is 0 Å². The largest absolute Gasteiger partial charge is 0.480 e. The second-order valence-electron chi connectivity index (χ2n) is 20.6. The molecule has 10 bridgehead atoms. The summed E-state index contributed by atoms with van der Waals surface area (Å²) in [7, 11) is 2.92. The number of ether oxygens (including phenoxy) is 2. The number of benzene rings is 1. The molecule has 0 unspecified atom stereocenters. The number of aliphatic hydroxyl groups excluding tert-OH is 1. The van der Waals surface area contributed by atoms with E-state index in [4.69, 9.17) is 29.4 Å². The Morgan fingerprint density at radius 2 is 1.47 bits per heavy atom. The molecular formula is C57H58N14O12S6. The van der Waals surface area contributed by atoms with Crippen molar-refractivity contribution in [1.82, 2.24) is 66.4 Å². The van der Waals surface area contributed by atoms with Crippen molar-refractivity contribution in [1.29, 1.82) is 0 Å². The maximum Gasteiger partial charge on any atom is 0.412 e. The second kappa shape index (κ2) is 28.4. The zero-order valence-corrected chi connectivity index (χ0v) is 53.1. The average molecular weight is 1320 g/mol. The van der Waals surface area contributed by atoms with Crippen LogP contribution in [0.3, 0.4) is 0 Å². The summed E-state index contributed by atoms with van der Waals surface area (Å²) in [5.41, 5.74) is 2.46. The minimum absolute atomic E-state index is 0.00194. The maximum atomic E-state index is 14.3. The van der Waals surface area contributed by atoms with Gasteiger partial charge in [0.25, 0.3) is 17.7 Å². The van der Waals surface area contributed by atoms with Gasteiger partial charge in [-0.15, -0.1) is 68.0 Å². The fraction of sp³-hybridized carbons (Fsp3) is 0.351. The first-order valence-electron chi connectivity index (χ1n) is 27.7. The van der Waals surface area contributed by atoms with Gasteiger partial charge >= 0.3 is 12.1 Å².